The molecule has 0 saturated carbocycles. The lowest BCUT2D eigenvalue weighted by Crippen LogP contribution is -2.00. The van der Waals surface area contributed by atoms with Crippen LogP contribution in [0.15, 0.2) is 59.6 Å². The summed E-state index contributed by atoms with van der Waals surface area (Å²) in [5, 5.41) is 5.76. The van der Waals surface area contributed by atoms with Crippen molar-refractivity contribution >= 4 is 32.4 Å². The summed E-state index contributed by atoms with van der Waals surface area (Å²) in [5.41, 5.74) is 2.25. The highest BCUT2D eigenvalue weighted by atomic mass is 79.9. The van der Waals surface area contributed by atoms with E-state index in [4.69, 9.17) is 0 Å². The molecular weight excluding hydrogens is 302 g/mol. The monoisotopic (exact) mass is 313 g/mol. The van der Waals surface area contributed by atoms with Crippen molar-refractivity contribution in [3.05, 3.63) is 65.2 Å². The Hall–Kier alpha value is -1.94. The Morgan fingerprint density at radius 2 is 2.00 bits per heavy atom. The number of fused-ring (bicyclic) bond motifs is 1. The fraction of sp³-hybridized carbons (Fsp3) is 0.0667. The van der Waals surface area contributed by atoms with Crippen LogP contribution in [0.1, 0.15) is 5.56 Å². The van der Waals surface area contributed by atoms with E-state index in [1.54, 1.807) is 6.20 Å². The fourth-order valence-electron chi connectivity index (χ4n) is 2.03. The van der Waals surface area contributed by atoms with E-state index in [-0.39, 0.29) is 0 Å². The van der Waals surface area contributed by atoms with Crippen LogP contribution in [-0.2, 0) is 6.54 Å². The Balaban J connectivity index is 1.86. The van der Waals surface area contributed by atoms with Crippen LogP contribution in [0.5, 0.6) is 0 Å². The molecule has 0 fully saturated rings. The van der Waals surface area contributed by atoms with Crippen molar-refractivity contribution in [3.8, 4) is 0 Å². The summed E-state index contributed by atoms with van der Waals surface area (Å²) in [5.74, 6) is 0. The zero-order valence-corrected chi connectivity index (χ0v) is 11.8. The summed E-state index contributed by atoms with van der Waals surface area (Å²) in [6, 6.07) is 10.3. The summed E-state index contributed by atoms with van der Waals surface area (Å²) < 4.78 is 0.994. The molecule has 19 heavy (non-hydrogen) atoms. The highest BCUT2D eigenvalue weighted by molar-refractivity contribution is 9.10. The van der Waals surface area contributed by atoms with Crippen molar-refractivity contribution in [1.29, 1.82) is 0 Å². The first-order valence-corrected chi connectivity index (χ1v) is 6.78. The van der Waals surface area contributed by atoms with Gasteiger partial charge in [0.15, 0.2) is 0 Å². The van der Waals surface area contributed by atoms with Crippen LogP contribution in [0.4, 0.5) is 5.69 Å². The van der Waals surface area contributed by atoms with E-state index >= 15 is 0 Å². The predicted molar refractivity (Wildman–Crippen MR) is 81.0 cm³/mol. The number of hydrogen-bond acceptors (Lipinski definition) is 3. The SMILES string of the molecule is Brc1cncc(CNc2cccc3cnccc23)c1. The van der Waals surface area contributed by atoms with Crippen molar-refractivity contribution in [2.45, 2.75) is 6.54 Å². The molecule has 94 valence electrons. The molecule has 4 heteroatoms. The van der Waals surface area contributed by atoms with Gasteiger partial charge < -0.3 is 5.32 Å². The van der Waals surface area contributed by atoms with Crippen LogP contribution in [0.3, 0.4) is 0 Å². The smallest absolute Gasteiger partial charge is 0.0423 e. The van der Waals surface area contributed by atoms with Crippen molar-refractivity contribution in [2.24, 2.45) is 0 Å². The fourth-order valence-corrected chi connectivity index (χ4v) is 2.44. The Morgan fingerprint density at radius 1 is 1.05 bits per heavy atom. The Labute approximate surface area is 119 Å². The maximum atomic E-state index is 4.16. The number of anilines is 1. The molecule has 1 N–H and O–H groups in total. The van der Waals surface area contributed by atoms with Crippen LogP contribution in [-0.4, -0.2) is 9.97 Å². The molecule has 0 aliphatic carbocycles. The summed E-state index contributed by atoms with van der Waals surface area (Å²) >= 11 is 3.43. The lowest BCUT2D eigenvalue weighted by Gasteiger charge is -2.09. The Morgan fingerprint density at radius 3 is 2.89 bits per heavy atom. The minimum Gasteiger partial charge on any atom is -0.380 e. The number of halogens is 1. The van der Waals surface area contributed by atoms with E-state index in [9.17, 15) is 0 Å². The van der Waals surface area contributed by atoms with Crippen LogP contribution in [0.2, 0.25) is 0 Å². The van der Waals surface area contributed by atoms with Crippen molar-refractivity contribution < 1.29 is 0 Å². The van der Waals surface area contributed by atoms with E-state index in [0.29, 0.717) is 0 Å². The molecule has 0 atom stereocenters. The molecule has 0 spiro atoms. The average Bonchev–Trinajstić information content (AvgIpc) is 2.45. The van der Waals surface area contributed by atoms with Gasteiger partial charge in [-0.2, -0.15) is 0 Å². The number of hydrogen-bond donors (Lipinski definition) is 1. The molecule has 0 saturated heterocycles. The molecule has 1 aromatic carbocycles. The van der Waals surface area contributed by atoms with Gasteiger partial charge in [-0.15, -0.1) is 0 Å². The van der Waals surface area contributed by atoms with E-state index in [2.05, 4.69) is 49.4 Å². The normalized spacial score (nSPS) is 10.6. The second-order valence-electron chi connectivity index (χ2n) is 4.27. The quantitative estimate of drug-likeness (QED) is 0.794. The minimum atomic E-state index is 0.744. The van der Waals surface area contributed by atoms with Gasteiger partial charge in [-0.05, 0) is 39.7 Å². The third-order valence-electron chi connectivity index (χ3n) is 2.93. The number of aromatic nitrogens is 2. The molecule has 3 aromatic rings. The molecule has 2 aromatic heterocycles. The molecule has 0 aliphatic rings. The van der Waals surface area contributed by atoms with Crippen LogP contribution in [0.25, 0.3) is 10.8 Å². The summed E-state index contributed by atoms with van der Waals surface area (Å²) in [7, 11) is 0. The Kier molecular flexibility index (Phi) is 3.42. The first-order chi connectivity index (χ1) is 9.33. The molecule has 0 radical (unpaired) electrons. The van der Waals surface area contributed by atoms with Crippen molar-refractivity contribution in [2.75, 3.05) is 5.32 Å². The molecule has 3 rings (SSSR count). The second-order valence-corrected chi connectivity index (χ2v) is 5.18. The third kappa shape index (κ3) is 2.74. The van der Waals surface area contributed by atoms with E-state index in [1.807, 2.05) is 30.7 Å². The molecule has 0 bridgehead atoms. The number of rotatable bonds is 3. The molecule has 2 heterocycles. The molecule has 0 amide bonds. The maximum Gasteiger partial charge on any atom is 0.0423 e. The Bertz CT molecular complexity index is 707. The van der Waals surface area contributed by atoms with E-state index in [0.717, 1.165) is 27.7 Å². The summed E-state index contributed by atoms with van der Waals surface area (Å²) in [6.07, 6.45) is 7.34. The molecule has 0 unspecified atom stereocenters. The first-order valence-electron chi connectivity index (χ1n) is 5.99. The number of nitrogens with zero attached hydrogens (tertiary/aromatic N) is 2. The zero-order valence-electron chi connectivity index (χ0n) is 10.2. The highest BCUT2D eigenvalue weighted by Gasteiger charge is 2.00. The number of benzene rings is 1. The van der Waals surface area contributed by atoms with Gasteiger partial charge in [0.05, 0.1) is 0 Å². The van der Waals surface area contributed by atoms with Crippen molar-refractivity contribution in [3.63, 3.8) is 0 Å². The van der Waals surface area contributed by atoms with E-state index in [1.165, 1.54) is 5.39 Å². The van der Waals surface area contributed by atoms with Crippen molar-refractivity contribution in [1.82, 2.24) is 9.97 Å². The van der Waals surface area contributed by atoms with Crippen LogP contribution < -0.4 is 5.32 Å². The lowest BCUT2D eigenvalue weighted by atomic mass is 10.1. The van der Waals surface area contributed by atoms with Gasteiger partial charge in [-0.3, -0.25) is 9.97 Å². The average molecular weight is 314 g/mol. The summed E-state index contributed by atoms with van der Waals surface area (Å²) in [6.45, 7) is 0.744. The maximum absolute atomic E-state index is 4.16. The highest BCUT2D eigenvalue weighted by Crippen LogP contribution is 2.22. The zero-order chi connectivity index (χ0) is 13.1. The van der Waals surface area contributed by atoms with Gasteiger partial charge in [0.1, 0.15) is 0 Å². The molecule has 3 nitrogen and oxygen atoms in total. The van der Waals surface area contributed by atoms with Gasteiger partial charge in [-0.25, -0.2) is 0 Å². The first kappa shape index (κ1) is 12.1. The molecule has 0 aliphatic heterocycles. The minimum absolute atomic E-state index is 0.744. The summed E-state index contributed by atoms with van der Waals surface area (Å²) in [4.78, 5) is 8.30. The number of pyridine rings is 2. The van der Waals surface area contributed by atoms with Gasteiger partial charge in [-0.1, -0.05) is 12.1 Å². The van der Waals surface area contributed by atoms with Crippen LogP contribution in [0, 0.1) is 0 Å². The number of nitrogens with one attached hydrogen (secondary N) is 1. The largest absolute Gasteiger partial charge is 0.380 e. The van der Waals surface area contributed by atoms with Crippen LogP contribution >= 0.6 is 15.9 Å². The lowest BCUT2D eigenvalue weighted by molar-refractivity contribution is 1.11. The topological polar surface area (TPSA) is 37.8 Å². The van der Waals surface area contributed by atoms with Gasteiger partial charge in [0.25, 0.3) is 0 Å². The third-order valence-corrected chi connectivity index (χ3v) is 3.36. The molecular formula is C15H12BrN3. The second kappa shape index (κ2) is 5.36. The predicted octanol–water partition coefficient (Wildman–Crippen LogP) is 4.00. The standard InChI is InChI=1S/C15H12BrN3/c16-13-6-11(7-18-10-13)8-19-15-3-1-2-12-9-17-5-4-14(12)15/h1-7,9-10,19H,8H2. The van der Waals surface area contributed by atoms with Gasteiger partial charge in [0.2, 0.25) is 0 Å². The van der Waals surface area contributed by atoms with Gasteiger partial charge in [0, 0.05) is 52.3 Å². The van der Waals surface area contributed by atoms with Gasteiger partial charge >= 0.3 is 0 Å². The van der Waals surface area contributed by atoms with E-state index < -0.39 is 0 Å².